The molecule has 1 unspecified atom stereocenters. The number of likely N-dealkylation sites (tertiary alicyclic amines) is 1. The van der Waals surface area contributed by atoms with E-state index in [9.17, 15) is 9.90 Å². The summed E-state index contributed by atoms with van der Waals surface area (Å²) in [6, 6.07) is 0. The van der Waals surface area contributed by atoms with Crippen molar-refractivity contribution < 1.29 is 9.90 Å². The van der Waals surface area contributed by atoms with Crippen LogP contribution in [-0.4, -0.2) is 44.5 Å². The van der Waals surface area contributed by atoms with Crippen LogP contribution >= 0.6 is 0 Å². The van der Waals surface area contributed by atoms with Crippen LogP contribution in [0.3, 0.4) is 0 Å². The maximum Gasteiger partial charge on any atom is 0.227 e. The Labute approximate surface area is 160 Å². The topological polar surface area (TPSA) is 57.8 Å². The lowest BCUT2D eigenvalue weighted by Crippen LogP contribution is -2.46. The van der Waals surface area contributed by atoms with E-state index in [1.54, 1.807) is 0 Å². The van der Waals surface area contributed by atoms with Gasteiger partial charge in [-0.1, -0.05) is 39.0 Å². The fourth-order valence-electron chi connectivity index (χ4n) is 4.48. The van der Waals surface area contributed by atoms with Gasteiger partial charge >= 0.3 is 0 Å². The van der Waals surface area contributed by atoms with Crippen LogP contribution in [0.25, 0.3) is 11.6 Å². The van der Waals surface area contributed by atoms with Gasteiger partial charge in [-0.3, -0.25) is 4.79 Å². The third-order valence-electron chi connectivity index (χ3n) is 6.01. The number of piperidine rings is 1. The molecular formula is C22H29N3O2. The van der Waals surface area contributed by atoms with E-state index >= 15 is 0 Å². The van der Waals surface area contributed by atoms with Crippen LogP contribution in [0.15, 0.2) is 24.7 Å². The number of amides is 1. The summed E-state index contributed by atoms with van der Waals surface area (Å²) in [5.74, 6) is 0.448. The van der Waals surface area contributed by atoms with Gasteiger partial charge in [0.1, 0.15) is 0 Å². The Morgan fingerprint density at radius 2 is 2.07 bits per heavy atom. The number of rotatable bonds is 3. The van der Waals surface area contributed by atoms with E-state index in [2.05, 4.69) is 27.6 Å². The van der Waals surface area contributed by atoms with E-state index in [4.69, 9.17) is 0 Å². The van der Waals surface area contributed by atoms with Crippen molar-refractivity contribution in [3.8, 4) is 0 Å². The van der Waals surface area contributed by atoms with Crippen LogP contribution in [-0.2, 0) is 17.6 Å². The summed E-state index contributed by atoms with van der Waals surface area (Å²) in [4.78, 5) is 18.7. The highest BCUT2D eigenvalue weighted by Crippen LogP contribution is 2.27. The van der Waals surface area contributed by atoms with Crippen LogP contribution in [0.5, 0.6) is 0 Å². The van der Waals surface area contributed by atoms with Crippen LogP contribution in [0, 0.1) is 11.3 Å². The van der Waals surface area contributed by atoms with Gasteiger partial charge in [0.15, 0.2) is 0 Å². The van der Waals surface area contributed by atoms with Crippen LogP contribution in [0.1, 0.15) is 44.9 Å². The molecule has 5 nitrogen and oxygen atoms in total. The maximum absolute atomic E-state index is 12.5. The summed E-state index contributed by atoms with van der Waals surface area (Å²) in [6.07, 6.45) is 13.1. The molecule has 1 atom stereocenters. The number of allylic oxidation sites excluding steroid dienone is 2. The molecule has 3 heterocycles. The fourth-order valence-corrected chi connectivity index (χ4v) is 4.48. The monoisotopic (exact) mass is 367 g/mol. The predicted octanol–water partition coefficient (Wildman–Crippen LogP) is 2.13. The summed E-state index contributed by atoms with van der Waals surface area (Å²) in [6.45, 7) is 7.39. The molecule has 1 fully saturated rings. The Bertz CT molecular complexity index is 927. The molecule has 0 spiro atoms. The van der Waals surface area contributed by atoms with Crippen molar-refractivity contribution in [1.82, 2.24) is 14.3 Å². The minimum Gasteiger partial charge on any atom is -0.392 e. The number of nitrogens with zero attached hydrogens (tertiary/aromatic N) is 3. The summed E-state index contributed by atoms with van der Waals surface area (Å²) < 4.78 is 2.13. The van der Waals surface area contributed by atoms with E-state index in [1.165, 1.54) is 16.5 Å². The molecular weight excluding hydrogens is 338 g/mol. The number of aliphatic hydroxyl groups is 1. The zero-order chi connectivity index (χ0) is 19.2. The summed E-state index contributed by atoms with van der Waals surface area (Å²) in [7, 11) is 0. The Kier molecular flexibility index (Phi) is 4.58. The van der Waals surface area contributed by atoms with Crippen LogP contribution < -0.4 is 5.22 Å². The van der Waals surface area contributed by atoms with E-state index < -0.39 is 0 Å². The molecule has 144 valence electrons. The summed E-state index contributed by atoms with van der Waals surface area (Å²) in [5, 5.41) is 12.2. The molecule has 4 rings (SSSR count). The number of hydrogen-bond donors (Lipinski definition) is 1. The third-order valence-corrected chi connectivity index (χ3v) is 6.01. The molecule has 2 aromatic heterocycles. The van der Waals surface area contributed by atoms with Crippen molar-refractivity contribution in [3.05, 3.63) is 41.2 Å². The second-order valence-electron chi connectivity index (χ2n) is 8.94. The van der Waals surface area contributed by atoms with E-state index in [1.807, 2.05) is 38.2 Å². The molecule has 2 aliphatic rings. The average molecular weight is 367 g/mol. The molecule has 1 aliphatic heterocycles. The van der Waals surface area contributed by atoms with Gasteiger partial charge in [0.2, 0.25) is 5.91 Å². The first-order chi connectivity index (χ1) is 12.9. The van der Waals surface area contributed by atoms with Gasteiger partial charge in [-0.05, 0) is 30.7 Å². The minimum atomic E-state index is -0.389. The molecule has 1 N–H and O–H groups in total. The predicted molar refractivity (Wildman–Crippen MR) is 106 cm³/mol. The first-order valence-electron chi connectivity index (χ1n) is 9.96. The number of aromatic nitrogens is 2. The fraction of sp³-hybridized carbons (Fsp3) is 0.545. The minimum absolute atomic E-state index is 0.211. The highest BCUT2D eigenvalue weighted by atomic mass is 16.3. The molecule has 5 heteroatoms. The number of hydrogen-bond acceptors (Lipinski definition) is 3. The lowest BCUT2D eigenvalue weighted by Gasteiger charge is -2.37. The zero-order valence-corrected chi connectivity index (χ0v) is 16.5. The van der Waals surface area contributed by atoms with E-state index in [0.717, 1.165) is 37.9 Å². The molecule has 0 bridgehead atoms. The normalized spacial score (nSPS) is 19.2. The zero-order valence-electron chi connectivity index (χ0n) is 16.5. The number of carbonyl (C=O) groups excluding carboxylic acids is 1. The maximum atomic E-state index is 12.5. The van der Waals surface area contributed by atoms with Gasteiger partial charge in [0, 0.05) is 35.8 Å². The molecule has 0 radical (unpaired) electrons. The van der Waals surface area contributed by atoms with E-state index in [0.29, 0.717) is 6.42 Å². The SMILES string of the molecule is CC(C)(C)C(=O)N1CCC(C(O)Cc2c3c(c4cncn24)=CC=CC3)CC1. The standard InChI is InChI=1S/C22H29N3O2/c1-22(2,3)21(27)24-10-8-15(9-11-24)20(26)12-18-16-6-4-5-7-17(16)19-13-23-14-25(18)19/h4-5,7,13-15,20,26H,6,8-12H2,1-3H3. The lowest BCUT2D eigenvalue weighted by atomic mass is 9.86. The highest BCUT2D eigenvalue weighted by Gasteiger charge is 2.33. The number of imidazole rings is 1. The van der Waals surface area contributed by atoms with Crippen molar-refractivity contribution in [2.24, 2.45) is 11.3 Å². The Hall–Kier alpha value is -2.14. The van der Waals surface area contributed by atoms with Crippen molar-refractivity contribution in [1.29, 1.82) is 0 Å². The van der Waals surface area contributed by atoms with Gasteiger partial charge in [0.05, 0.1) is 24.1 Å². The van der Waals surface area contributed by atoms with E-state index in [-0.39, 0.29) is 23.3 Å². The number of carbonyl (C=O) groups is 1. The first kappa shape index (κ1) is 18.2. The Morgan fingerprint density at radius 1 is 1.33 bits per heavy atom. The molecule has 0 aromatic carbocycles. The molecule has 1 saturated heterocycles. The molecule has 1 aliphatic carbocycles. The quantitative estimate of drug-likeness (QED) is 0.904. The molecule has 2 aromatic rings. The Balaban J connectivity index is 1.47. The van der Waals surface area contributed by atoms with Gasteiger partial charge in [-0.15, -0.1) is 0 Å². The van der Waals surface area contributed by atoms with Gasteiger partial charge in [-0.25, -0.2) is 4.98 Å². The smallest absolute Gasteiger partial charge is 0.227 e. The van der Waals surface area contributed by atoms with Crippen LogP contribution in [0.4, 0.5) is 0 Å². The lowest BCUT2D eigenvalue weighted by molar-refractivity contribution is -0.141. The van der Waals surface area contributed by atoms with Crippen molar-refractivity contribution in [3.63, 3.8) is 0 Å². The second kappa shape index (κ2) is 6.79. The molecule has 1 amide bonds. The van der Waals surface area contributed by atoms with Crippen molar-refractivity contribution >= 4 is 17.5 Å². The van der Waals surface area contributed by atoms with Crippen molar-refractivity contribution in [2.45, 2.75) is 52.6 Å². The highest BCUT2D eigenvalue weighted by molar-refractivity contribution is 5.81. The summed E-state index contributed by atoms with van der Waals surface area (Å²) >= 11 is 0. The van der Waals surface area contributed by atoms with Gasteiger partial charge in [-0.2, -0.15) is 0 Å². The van der Waals surface area contributed by atoms with Gasteiger partial charge < -0.3 is 14.4 Å². The third kappa shape index (κ3) is 3.29. The molecule has 0 saturated carbocycles. The second-order valence-corrected chi connectivity index (χ2v) is 8.94. The van der Waals surface area contributed by atoms with Gasteiger partial charge in [0.25, 0.3) is 0 Å². The summed E-state index contributed by atoms with van der Waals surface area (Å²) in [5.41, 5.74) is 3.28. The van der Waals surface area contributed by atoms with Crippen LogP contribution in [0.2, 0.25) is 0 Å². The number of aliphatic hydroxyl groups excluding tert-OH is 1. The number of fused-ring (bicyclic) bond motifs is 3. The van der Waals surface area contributed by atoms with Crippen molar-refractivity contribution in [2.75, 3.05) is 13.1 Å². The largest absolute Gasteiger partial charge is 0.392 e. The average Bonchev–Trinajstić information content (AvgIpc) is 3.23. The first-order valence-corrected chi connectivity index (χ1v) is 9.96. The molecule has 27 heavy (non-hydrogen) atoms. The Morgan fingerprint density at radius 3 is 2.78 bits per heavy atom.